The highest BCUT2D eigenvalue weighted by Gasteiger charge is 2.60. The molecule has 5 rings (SSSR count). The summed E-state index contributed by atoms with van der Waals surface area (Å²) >= 11 is 3.29. The molecule has 0 bridgehead atoms. The van der Waals surface area contributed by atoms with E-state index in [0.717, 1.165) is 34.9 Å². The number of aliphatic carboxylic acids is 1. The Kier molecular flexibility index (Phi) is 9.36. The molecule has 3 N–H and O–H groups in total. The summed E-state index contributed by atoms with van der Waals surface area (Å²) in [6.07, 6.45) is 5.11. The van der Waals surface area contributed by atoms with E-state index in [2.05, 4.69) is 15.9 Å². The number of aromatic nitrogens is 2. The van der Waals surface area contributed by atoms with Gasteiger partial charge in [-0.1, -0.05) is 18.3 Å². The number of thiazole rings is 1. The van der Waals surface area contributed by atoms with E-state index in [9.17, 15) is 37.4 Å². The standard InChI is InChI=1S/C23H29FN4O4S2.CHF3O3S/c1-11-19-18(12(2)29)22(30)28(19)20(23(31)32)21(11)34-15-6-14(25-8-15)7-16-9-27-13(3)26(5-4-24)10-17(27)33-16;2-1(3,4)8(5,6)7/h9-12,14-15,18-19,25,29H,4-8H2,1-3H3;(H,5,6,7)/t11-,12-,14+,15+,18-,19-;/m1./s1. The van der Waals surface area contributed by atoms with Crippen LogP contribution < -0.4 is 9.88 Å². The van der Waals surface area contributed by atoms with Crippen molar-refractivity contribution in [1.29, 1.82) is 0 Å². The van der Waals surface area contributed by atoms with Crippen molar-refractivity contribution in [2.75, 3.05) is 13.2 Å². The minimum atomic E-state index is -6.09. The van der Waals surface area contributed by atoms with Gasteiger partial charge in [-0.05, 0) is 13.3 Å². The summed E-state index contributed by atoms with van der Waals surface area (Å²) in [5.41, 5.74) is -5.55. The molecule has 18 heteroatoms. The number of nitrogens with zero attached hydrogens (tertiary/aromatic N) is 3. The highest BCUT2D eigenvalue weighted by molar-refractivity contribution is 8.03. The van der Waals surface area contributed by atoms with Crippen molar-refractivity contribution in [3.05, 3.63) is 33.7 Å². The summed E-state index contributed by atoms with van der Waals surface area (Å²) in [6.45, 7) is 6.31. The number of imidazole rings is 1. The summed E-state index contributed by atoms with van der Waals surface area (Å²) in [5, 5.41) is 23.7. The van der Waals surface area contributed by atoms with Crippen LogP contribution in [0, 0.1) is 18.8 Å². The first-order valence-electron chi connectivity index (χ1n) is 12.9. The number of aliphatic hydroxyl groups is 1. The number of fused-ring (bicyclic) bond motifs is 2. The summed E-state index contributed by atoms with van der Waals surface area (Å²) in [7, 11) is -6.09. The molecule has 5 heterocycles. The Labute approximate surface area is 246 Å². The van der Waals surface area contributed by atoms with E-state index in [4.69, 9.17) is 13.0 Å². The van der Waals surface area contributed by atoms with Crippen molar-refractivity contribution < 1.29 is 54.9 Å². The molecule has 0 spiro atoms. The number of carboxylic acid groups (broad SMARTS) is 1. The van der Waals surface area contributed by atoms with Crippen molar-refractivity contribution in [3.63, 3.8) is 0 Å². The van der Waals surface area contributed by atoms with Crippen LogP contribution in [0.5, 0.6) is 0 Å². The number of β-lactam (4-membered cyclic amide) rings is 1. The molecule has 3 aliphatic heterocycles. The van der Waals surface area contributed by atoms with Crippen LogP contribution in [0.25, 0.3) is 4.83 Å². The smallest absolute Gasteiger partial charge is 0.485 e. The zero-order valence-electron chi connectivity index (χ0n) is 22.7. The van der Waals surface area contributed by atoms with E-state index in [1.54, 1.807) is 30.0 Å². The molecule has 2 saturated heterocycles. The molecule has 3 aliphatic rings. The van der Waals surface area contributed by atoms with Gasteiger partial charge < -0.3 is 25.0 Å². The van der Waals surface area contributed by atoms with E-state index in [1.807, 2.05) is 24.6 Å². The number of aryl methyl sites for hydroxylation is 2. The second-order valence-corrected chi connectivity index (χ2v) is 14.3. The van der Waals surface area contributed by atoms with Crippen LogP contribution in [-0.2, 0) is 32.7 Å². The molecule has 2 aromatic rings. The minimum absolute atomic E-state index is 0.0957. The Morgan fingerprint density at radius 1 is 1.38 bits per heavy atom. The van der Waals surface area contributed by atoms with Gasteiger partial charge in [0.25, 0.3) is 5.82 Å². The number of aliphatic hydroxyl groups excluding tert-OH is 1. The third-order valence-corrected chi connectivity index (χ3v) is 10.7. The van der Waals surface area contributed by atoms with Gasteiger partial charge >= 0.3 is 11.5 Å². The van der Waals surface area contributed by atoms with Crippen molar-refractivity contribution in [1.82, 2.24) is 14.6 Å². The number of alkyl halides is 4. The van der Waals surface area contributed by atoms with Gasteiger partial charge in [-0.15, -0.1) is 11.8 Å². The van der Waals surface area contributed by atoms with E-state index >= 15 is 0 Å². The molecule has 234 valence electrons. The van der Waals surface area contributed by atoms with E-state index in [0.29, 0.717) is 6.54 Å². The molecule has 0 saturated carbocycles. The number of thioether (sulfide) groups is 1. The fraction of sp³-hybridized carbons (Fsp3) is 0.625. The zero-order valence-corrected chi connectivity index (χ0v) is 25.1. The Balaban J connectivity index is 0.000000446. The lowest BCUT2D eigenvalue weighted by molar-refractivity contribution is -0.701. The Hall–Kier alpha value is -2.25. The Morgan fingerprint density at radius 2 is 2.02 bits per heavy atom. The summed E-state index contributed by atoms with van der Waals surface area (Å²) in [4.78, 5) is 29.1. The first-order chi connectivity index (χ1) is 19.5. The lowest BCUT2D eigenvalue weighted by atomic mass is 9.79. The number of amides is 1. The van der Waals surface area contributed by atoms with Crippen molar-refractivity contribution >= 4 is 49.9 Å². The lowest BCUT2D eigenvalue weighted by Gasteiger charge is -2.46. The highest BCUT2D eigenvalue weighted by Crippen LogP contribution is 2.51. The molecule has 2 aromatic heterocycles. The van der Waals surface area contributed by atoms with Gasteiger partial charge in [0.2, 0.25) is 10.7 Å². The van der Waals surface area contributed by atoms with Crippen LogP contribution in [0.4, 0.5) is 17.6 Å². The zero-order chi connectivity index (χ0) is 31.3. The van der Waals surface area contributed by atoms with Gasteiger partial charge in [0.05, 0.1) is 18.1 Å². The molecule has 0 aromatic carbocycles. The highest BCUT2D eigenvalue weighted by atomic mass is 32.2. The van der Waals surface area contributed by atoms with Crippen LogP contribution in [-0.4, -0.2) is 86.5 Å². The van der Waals surface area contributed by atoms with Crippen LogP contribution in [0.15, 0.2) is 23.0 Å². The molecule has 0 radical (unpaired) electrons. The predicted octanol–water partition coefficient (Wildman–Crippen LogP) is 1.78. The van der Waals surface area contributed by atoms with Crippen LogP contribution in [0.3, 0.4) is 0 Å². The van der Waals surface area contributed by atoms with Gasteiger partial charge in [-0.25, -0.2) is 22.2 Å². The Morgan fingerprint density at radius 3 is 2.55 bits per heavy atom. The average molecular weight is 659 g/mol. The normalized spacial score (nSPS) is 26.7. The third kappa shape index (κ3) is 6.19. The molecule has 11 nitrogen and oxygen atoms in total. The van der Waals surface area contributed by atoms with Crippen molar-refractivity contribution in [2.45, 2.75) is 69.1 Å². The van der Waals surface area contributed by atoms with Gasteiger partial charge in [-0.2, -0.15) is 17.6 Å². The average Bonchev–Trinajstić information content (AvgIpc) is 3.59. The molecule has 0 aliphatic carbocycles. The fourth-order valence-corrected chi connectivity index (χ4v) is 8.36. The van der Waals surface area contributed by atoms with Gasteiger partial charge in [0.1, 0.15) is 31.3 Å². The number of halogens is 4. The monoisotopic (exact) mass is 658 g/mol. The van der Waals surface area contributed by atoms with Crippen LogP contribution in [0.2, 0.25) is 0 Å². The summed E-state index contributed by atoms with van der Waals surface area (Å²) in [5.74, 6) is -0.995. The van der Waals surface area contributed by atoms with Gasteiger partial charge in [0, 0.05) is 46.9 Å². The second-order valence-electron chi connectivity index (χ2n) is 10.4. The number of carbonyl (C=O) groups excluding carboxylic acids is 1. The predicted molar refractivity (Wildman–Crippen MR) is 143 cm³/mol. The molecule has 2 fully saturated rings. The van der Waals surface area contributed by atoms with Crippen molar-refractivity contribution in [2.24, 2.45) is 11.8 Å². The quantitative estimate of drug-likeness (QED) is 0.127. The maximum Gasteiger partial charge on any atom is 0.485 e. The number of nitrogens with one attached hydrogen (secondary N) is 1. The molecular formula is C24H30F4N4O7S3. The minimum Gasteiger partial charge on any atom is -0.741 e. The number of hydrogen-bond donors (Lipinski definition) is 3. The summed E-state index contributed by atoms with van der Waals surface area (Å²) < 4.78 is 75.7. The van der Waals surface area contributed by atoms with E-state index < -0.39 is 33.6 Å². The molecule has 6 atom stereocenters. The summed E-state index contributed by atoms with van der Waals surface area (Å²) in [6, 6.07) is 0.0121. The van der Waals surface area contributed by atoms with Crippen molar-refractivity contribution in [3.8, 4) is 0 Å². The first-order valence-corrected chi connectivity index (χ1v) is 16.0. The molecule has 0 unspecified atom stereocenters. The third-order valence-electron chi connectivity index (χ3n) is 7.62. The van der Waals surface area contributed by atoms with E-state index in [-0.39, 0.29) is 41.5 Å². The first kappa shape index (κ1) is 32.7. The lowest BCUT2D eigenvalue weighted by Crippen LogP contribution is -2.63. The number of carboxylic acids is 1. The second kappa shape index (κ2) is 12.0. The van der Waals surface area contributed by atoms with Crippen LogP contribution >= 0.6 is 23.1 Å². The topological polar surface area (TPSA) is 155 Å². The Bertz CT molecular complexity index is 1500. The van der Waals surface area contributed by atoms with Gasteiger partial charge in [0.15, 0.2) is 10.1 Å². The number of hydrogen-bond acceptors (Lipinski definition) is 9. The fourth-order valence-electron chi connectivity index (χ4n) is 5.66. The SMILES string of the molecule is Cc1n2cc(C[C@@H]3C[C@H](SC4=C(C(=O)O)N5C(=O)[C@H]([C@@H](C)O)[C@H]5[C@H]4C)CN3)sc2c[n+]1CCF.O=S(=O)([O-])C(F)(F)F. The maximum absolute atomic E-state index is 12.7. The van der Waals surface area contributed by atoms with E-state index in [1.165, 1.54) is 9.78 Å². The van der Waals surface area contributed by atoms with Gasteiger partial charge in [-0.3, -0.25) is 4.79 Å². The largest absolute Gasteiger partial charge is 0.741 e. The maximum atomic E-state index is 12.7. The molecule has 42 heavy (non-hydrogen) atoms. The number of rotatable bonds is 8. The molecular weight excluding hydrogens is 628 g/mol. The van der Waals surface area contributed by atoms with Crippen LogP contribution in [0.1, 0.15) is 31.0 Å². The molecule has 1 amide bonds. The number of carbonyl (C=O) groups is 2.